The fourth-order valence-corrected chi connectivity index (χ4v) is 3.08. The number of rotatable bonds is 6. The summed E-state index contributed by atoms with van der Waals surface area (Å²) in [5.74, 6) is 2.94. The molecule has 3 rings (SSSR count). The second kappa shape index (κ2) is 8.23. The Labute approximate surface area is 155 Å². The first-order chi connectivity index (χ1) is 12.6. The molecule has 1 aromatic heterocycles. The van der Waals surface area contributed by atoms with Crippen molar-refractivity contribution in [1.29, 1.82) is 0 Å². The number of benzene rings is 1. The molecule has 2 heterocycles. The monoisotopic (exact) mass is 357 g/mol. The first-order valence-corrected chi connectivity index (χ1v) is 8.95. The Morgan fingerprint density at radius 2 is 1.73 bits per heavy atom. The van der Waals surface area contributed by atoms with E-state index in [1.165, 1.54) is 0 Å². The van der Waals surface area contributed by atoms with E-state index in [4.69, 9.17) is 14.5 Å². The Morgan fingerprint density at radius 1 is 1.00 bits per heavy atom. The van der Waals surface area contributed by atoms with Crippen molar-refractivity contribution in [2.45, 2.75) is 13.8 Å². The van der Waals surface area contributed by atoms with Crippen LogP contribution in [0, 0.1) is 6.92 Å². The van der Waals surface area contributed by atoms with Crippen molar-refractivity contribution in [1.82, 2.24) is 14.9 Å². The Kier molecular flexibility index (Phi) is 5.78. The summed E-state index contributed by atoms with van der Waals surface area (Å²) in [6.45, 7) is 9.28. The standard InChI is InChI=1S/C19H27N5O2/c1-5-23-8-10-24(11-9-23)19-20-14(2)12-18(22-19)21-15-6-7-16(25-3)17(13-15)26-4/h6-7,12-13H,5,8-11H2,1-4H3,(H,20,21,22). The molecule has 1 aromatic carbocycles. The number of aryl methyl sites for hydroxylation is 1. The van der Waals surface area contributed by atoms with Crippen molar-refractivity contribution in [3.05, 3.63) is 30.0 Å². The highest BCUT2D eigenvalue weighted by molar-refractivity contribution is 5.62. The molecule has 0 amide bonds. The molecule has 26 heavy (non-hydrogen) atoms. The largest absolute Gasteiger partial charge is 0.493 e. The summed E-state index contributed by atoms with van der Waals surface area (Å²) >= 11 is 0. The van der Waals surface area contributed by atoms with E-state index < -0.39 is 0 Å². The van der Waals surface area contributed by atoms with Crippen LogP contribution in [0.2, 0.25) is 0 Å². The third-order valence-corrected chi connectivity index (χ3v) is 4.60. The van der Waals surface area contributed by atoms with Crippen LogP contribution in [0.1, 0.15) is 12.6 Å². The maximum atomic E-state index is 5.37. The molecular weight excluding hydrogens is 330 g/mol. The summed E-state index contributed by atoms with van der Waals surface area (Å²) in [7, 11) is 3.26. The topological polar surface area (TPSA) is 62.8 Å². The minimum Gasteiger partial charge on any atom is -0.493 e. The first-order valence-electron chi connectivity index (χ1n) is 8.95. The zero-order valence-electron chi connectivity index (χ0n) is 16.0. The smallest absolute Gasteiger partial charge is 0.227 e. The van der Waals surface area contributed by atoms with Gasteiger partial charge in [0.05, 0.1) is 14.2 Å². The Balaban J connectivity index is 1.78. The predicted molar refractivity (Wildman–Crippen MR) is 104 cm³/mol. The number of hydrogen-bond acceptors (Lipinski definition) is 7. The molecule has 1 saturated heterocycles. The predicted octanol–water partition coefficient (Wildman–Crippen LogP) is 2.69. The van der Waals surface area contributed by atoms with Crippen molar-refractivity contribution in [3.8, 4) is 11.5 Å². The van der Waals surface area contributed by atoms with E-state index >= 15 is 0 Å². The van der Waals surface area contributed by atoms with Gasteiger partial charge in [-0.2, -0.15) is 4.98 Å². The maximum absolute atomic E-state index is 5.37. The normalized spacial score (nSPS) is 15.0. The van der Waals surface area contributed by atoms with Gasteiger partial charge in [0.2, 0.25) is 5.95 Å². The van der Waals surface area contributed by atoms with Gasteiger partial charge in [-0.3, -0.25) is 0 Å². The molecule has 7 heteroatoms. The van der Waals surface area contributed by atoms with Crippen LogP contribution in [0.3, 0.4) is 0 Å². The van der Waals surface area contributed by atoms with Crippen LogP contribution in [0.15, 0.2) is 24.3 Å². The zero-order valence-corrected chi connectivity index (χ0v) is 16.0. The van der Waals surface area contributed by atoms with Crippen molar-refractivity contribution in [3.63, 3.8) is 0 Å². The van der Waals surface area contributed by atoms with Crippen molar-refractivity contribution < 1.29 is 9.47 Å². The van der Waals surface area contributed by atoms with Crippen LogP contribution in [-0.4, -0.2) is 61.8 Å². The van der Waals surface area contributed by atoms with Crippen LogP contribution in [0.4, 0.5) is 17.5 Å². The number of nitrogens with zero attached hydrogens (tertiary/aromatic N) is 4. The van der Waals surface area contributed by atoms with E-state index in [-0.39, 0.29) is 0 Å². The lowest BCUT2D eigenvalue weighted by atomic mass is 10.2. The third kappa shape index (κ3) is 4.16. The summed E-state index contributed by atoms with van der Waals surface area (Å²) in [4.78, 5) is 14.0. The molecule has 0 aliphatic carbocycles. The van der Waals surface area contributed by atoms with Crippen molar-refractivity contribution in [2.75, 3.05) is 57.2 Å². The highest BCUT2D eigenvalue weighted by atomic mass is 16.5. The zero-order chi connectivity index (χ0) is 18.5. The van der Waals surface area contributed by atoms with Gasteiger partial charge in [-0.25, -0.2) is 4.98 Å². The number of nitrogens with one attached hydrogen (secondary N) is 1. The molecule has 1 fully saturated rings. The molecule has 1 aliphatic rings. The van der Waals surface area contributed by atoms with Crippen LogP contribution >= 0.6 is 0 Å². The molecule has 1 N–H and O–H groups in total. The highest BCUT2D eigenvalue weighted by Gasteiger charge is 2.18. The molecule has 1 aliphatic heterocycles. The fourth-order valence-electron chi connectivity index (χ4n) is 3.08. The lowest BCUT2D eigenvalue weighted by Gasteiger charge is -2.34. The number of aromatic nitrogens is 2. The van der Waals surface area contributed by atoms with Gasteiger partial charge in [0.25, 0.3) is 0 Å². The molecule has 7 nitrogen and oxygen atoms in total. The fraction of sp³-hybridized carbons (Fsp3) is 0.474. The molecule has 0 atom stereocenters. The SMILES string of the molecule is CCN1CCN(c2nc(C)cc(Nc3ccc(OC)c(OC)c3)n2)CC1. The van der Waals surface area contributed by atoms with E-state index in [2.05, 4.69) is 27.0 Å². The highest BCUT2D eigenvalue weighted by Crippen LogP contribution is 2.31. The molecule has 0 radical (unpaired) electrons. The van der Waals surface area contributed by atoms with Crippen LogP contribution in [-0.2, 0) is 0 Å². The van der Waals surface area contributed by atoms with Crippen molar-refractivity contribution >= 4 is 17.5 Å². The second-order valence-electron chi connectivity index (χ2n) is 6.31. The average molecular weight is 357 g/mol. The number of piperazine rings is 1. The van der Waals surface area contributed by atoms with Gasteiger partial charge in [-0.15, -0.1) is 0 Å². The van der Waals surface area contributed by atoms with E-state index in [0.717, 1.165) is 55.9 Å². The number of likely N-dealkylation sites (N-methyl/N-ethyl adjacent to an activating group) is 1. The number of hydrogen-bond donors (Lipinski definition) is 1. The quantitative estimate of drug-likeness (QED) is 0.853. The lowest BCUT2D eigenvalue weighted by molar-refractivity contribution is 0.270. The lowest BCUT2D eigenvalue weighted by Crippen LogP contribution is -2.46. The third-order valence-electron chi connectivity index (χ3n) is 4.60. The molecule has 0 saturated carbocycles. The maximum Gasteiger partial charge on any atom is 0.227 e. The van der Waals surface area contributed by atoms with E-state index in [9.17, 15) is 0 Å². The van der Waals surface area contributed by atoms with Crippen LogP contribution < -0.4 is 19.7 Å². The van der Waals surface area contributed by atoms with E-state index in [1.54, 1.807) is 14.2 Å². The van der Waals surface area contributed by atoms with Gasteiger partial charge in [0.15, 0.2) is 11.5 Å². The van der Waals surface area contributed by atoms with E-state index in [0.29, 0.717) is 11.5 Å². The van der Waals surface area contributed by atoms with Crippen molar-refractivity contribution in [2.24, 2.45) is 0 Å². The van der Waals surface area contributed by atoms with Gasteiger partial charge in [0, 0.05) is 49.7 Å². The number of methoxy groups -OCH3 is 2. The summed E-state index contributed by atoms with van der Waals surface area (Å²) in [6.07, 6.45) is 0. The van der Waals surface area contributed by atoms with Gasteiger partial charge in [0.1, 0.15) is 5.82 Å². The Bertz CT molecular complexity index is 745. The molecule has 140 valence electrons. The second-order valence-corrected chi connectivity index (χ2v) is 6.31. The number of anilines is 3. The summed E-state index contributed by atoms with van der Waals surface area (Å²) in [5.41, 5.74) is 1.83. The van der Waals surface area contributed by atoms with Gasteiger partial charge in [-0.05, 0) is 25.6 Å². The van der Waals surface area contributed by atoms with Crippen LogP contribution in [0.5, 0.6) is 11.5 Å². The van der Waals surface area contributed by atoms with Crippen LogP contribution in [0.25, 0.3) is 0 Å². The summed E-state index contributed by atoms with van der Waals surface area (Å²) in [5, 5.41) is 3.35. The minimum atomic E-state index is 0.680. The molecule has 0 unspecified atom stereocenters. The Hall–Kier alpha value is -2.54. The molecule has 2 aromatic rings. The minimum absolute atomic E-state index is 0.680. The van der Waals surface area contributed by atoms with Gasteiger partial charge in [-0.1, -0.05) is 6.92 Å². The molecule has 0 spiro atoms. The summed E-state index contributed by atoms with van der Waals surface area (Å²) < 4.78 is 10.7. The van der Waals surface area contributed by atoms with E-state index in [1.807, 2.05) is 31.2 Å². The number of ether oxygens (including phenoxy) is 2. The average Bonchev–Trinajstić information content (AvgIpc) is 2.67. The first kappa shape index (κ1) is 18.3. The summed E-state index contributed by atoms with van der Waals surface area (Å²) in [6, 6.07) is 7.66. The molecule has 0 bridgehead atoms. The molecular formula is C19H27N5O2. The Morgan fingerprint density at radius 3 is 2.38 bits per heavy atom. The van der Waals surface area contributed by atoms with Gasteiger partial charge < -0.3 is 24.6 Å². The van der Waals surface area contributed by atoms with Gasteiger partial charge >= 0.3 is 0 Å².